The van der Waals surface area contributed by atoms with Crippen LogP contribution in [0.3, 0.4) is 0 Å². The summed E-state index contributed by atoms with van der Waals surface area (Å²) in [6, 6.07) is 0. The van der Waals surface area contributed by atoms with E-state index < -0.39 is 68.2 Å². The highest BCUT2D eigenvalue weighted by Crippen LogP contribution is 2.72. The molecule has 0 unspecified atom stereocenters. The molecule has 0 saturated heterocycles. The van der Waals surface area contributed by atoms with Crippen molar-refractivity contribution in [2.24, 2.45) is 57.2 Å². The Bertz CT molecular complexity index is 1700. The molecule has 4 N–H and O–H groups in total. The van der Waals surface area contributed by atoms with Crippen LogP contribution in [0, 0.1) is 57.2 Å². The molecule has 6 fully saturated rings. The Balaban J connectivity index is 0.000000167. The molecule has 0 radical (unpaired) electrons. The molecule has 0 heterocycles. The van der Waals surface area contributed by atoms with Crippen LogP contribution in [-0.2, 0) is 19.2 Å². The number of hydrogen-bond acceptors (Lipinski definition) is 8. The molecular weight excluding hydrogens is 694 g/mol. The predicted octanol–water partition coefficient (Wildman–Crippen LogP) is 5.85. The maximum atomic E-state index is 16.9. The number of alkyl halides is 2. The Labute approximate surface area is 317 Å². The third-order valence-electron chi connectivity index (χ3n) is 17.4. The molecule has 0 bridgehead atoms. The smallest absolute Gasteiger partial charge is 0.178 e. The molecule has 54 heavy (non-hydrogen) atoms. The van der Waals surface area contributed by atoms with Crippen LogP contribution in [0.4, 0.5) is 8.78 Å². The average Bonchev–Trinajstić information content (AvgIpc) is 3.52. The number of hydrogen-bond donors (Lipinski definition) is 4. The van der Waals surface area contributed by atoms with E-state index in [1.807, 2.05) is 27.7 Å². The first kappa shape index (κ1) is 39.6. The number of aliphatic hydroxyl groups excluding tert-OH is 2. The van der Waals surface area contributed by atoms with Gasteiger partial charge in [0.15, 0.2) is 34.5 Å². The second-order valence-electron chi connectivity index (χ2n) is 19.5. The van der Waals surface area contributed by atoms with Crippen molar-refractivity contribution in [2.75, 3.05) is 0 Å². The second-order valence-corrected chi connectivity index (χ2v) is 19.5. The Kier molecular flexibility index (Phi) is 8.74. The molecule has 0 spiro atoms. The lowest BCUT2D eigenvalue weighted by Gasteiger charge is -2.63. The summed E-state index contributed by atoms with van der Waals surface area (Å²) in [5.41, 5.74) is -9.18. The summed E-state index contributed by atoms with van der Waals surface area (Å²) in [7, 11) is 0. The van der Waals surface area contributed by atoms with E-state index in [4.69, 9.17) is 0 Å². The number of ketones is 4. The zero-order valence-corrected chi connectivity index (χ0v) is 32.9. The molecule has 0 aliphatic heterocycles. The molecule has 8 rings (SSSR count). The Morgan fingerprint density at radius 1 is 0.648 bits per heavy atom. The van der Waals surface area contributed by atoms with Gasteiger partial charge in [0.05, 0.1) is 12.2 Å². The van der Waals surface area contributed by atoms with Crippen LogP contribution in [0.2, 0.25) is 0 Å². The van der Waals surface area contributed by atoms with Gasteiger partial charge >= 0.3 is 0 Å². The van der Waals surface area contributed by atoms with Crippen LogP contribution in [0.1, 0.15) is 107 Å². The number of fused-ring (bicyclic) bond motifs is 10. The zero-order valence-electron chi connectivity index (χ0n) is 32.9. The Morgan fingerprint density at radius 3 is 1.30 bits per heavy atom. The average molecular weight is 753 g/mol. The summed E-state index contributed by atoms with van der Waals surface area (Å²) < 4.78 is 33.7. The normalized spacial score (nSPS) is 54.0. The van der Waals surface area contributed by atoms with Gasteiger partial charge in [0, 0.05) is 33.5 Å². The number of carbonyl (C=O) groups excluding carboxylic acids is 4. The van der Waals surface area contributed by atoms with Crippen molar-refractivity contribution in [3.05, 3.63) is 47.6 Å². The molecule has 0 aromatic rings. The van der Waals surface area contributed by atoms with Crippen LogP contribution in [0.15, 0.2) is 47.6 Å². The summed E-state index contributed by atoms with van der Waals surface area (Å²) >= 11 is 0. The first-order valence-corrected chi connectivity index (χ1v) is 19.9. The lowest BCUT2D eigenvalue weighted by atomic mass is 9.43. The van der Waals surface area contributed by atoms with Gasteiger partial charge in [-0.25, -0.2) is 8.78 Å². The zero-order chi connectivity index (χ0) is 40.0. The molecule has 8 aliphatic rings. The maximum absolute atomic E-state index is 16.9. The molecule has 8 aliphatic carbocycles. The fraction of sp³-hybridized carbons (Fsp3) is 0.727. The van der Waals surface area contributed by atoms with E-state index in [0.717, 1.165) is 11.1 Å². The SMILES string of the molecule is CC(=O)[C@@]1(O)CC[C@H]2[C@@H]3C[C@H](C)C4=CC(=O)C=C[C@]4(C)[C@@]3(F)[C@@H](O)C[C@@]21C.CC(=O)[C@@]1(O)CC[C@H]2[C@@H]3C[C@H](C)C4=CC(=O)C=C[C@]4(C)[C@@]3(F)[C@@H](O)C[C@@]21C. The first-order chi connectivity index (χ1) is 24.8. The minimum Gasteiger partial charge on any atom is -0.390 e. The molecule has 296 valence electrons. The maximum Gasteiger partial charge on any atom is 0.178 e. The summed E-state index contributed by atoms with van der Waals surface area (Å²) in [5, 5.41) is 44.5. The van der Waals surface area contributed by atoms with Gasteiger partial charge in [0.2, 0.25) is 0 Å². The summed E-state index contributed by atoms with van der Waals surface area (Å²) in [6.45, 7) is 14.0. The van der Waals surface area contributed by atoms with E-state index in [1.54, 1.807) is 26.0 Å². The van der Waals surface area contributed by atoms with Crippen molar-refractivity contribution in [3.63, 3.8) is 0 Å². The number of aliphatic hydroxyl groups is 4. The van der Waals surface area contributed by atoms with Crippen LogP contribution in [0.5, 0.6) is 0 Å². The van der Waals surface area contributed by atoms with Crippen molar-refractivity contribution in [1.29, 1.82) is 0 Å². The van der Waals surface area contributed by atoms with E-state index in [2.05, 4.69) is 0 Å². The lowest BCUT2D eigenvalue weighted by Crippen LogP contribution is -2.69. The number of halogens is 2. The molecule has 0 aromatic heterocycles. The fourth-order valence-electron chi connectivity index (χ4n) is 14.4. The minimum absolute atomic E-state index is 0.00153. The van der Waals surface area contributed by atoms with Crippen LogP contribution in [0.25, 0.3) is 0 Å². The van der Waals surface area contributed by atoms with Gasteiger partial charge in [0.1, 0.15) is 11.2 Å². The summed E-state index contributed by atoms with van der Waals surface area (Å²) in [4.78, 5) is 48.4. The van der Waals surface area contributed by atoms with Gasteiger partial charge in [-0.3, -0.25) is 19.2 Å². The second kappa shape index (κ2) is 11.9. The summed E-state index contributed by atoms with van der Waals surface area (Å²) in [6.07, 6.45) is 9.35. The molecule has 8 nitrogen and oxygen atoms in total. The highest BCUT2D eigenvalue weighted by molar-refractivity contribution is 6.02. The van der Waals surface area contributed by atoms with Crippen molar-refractivity contribution >= 4 is 23.1 Å². The van der Waals surface area contributed by atoms with E-state index in [1.165, 1.54) is 38.2 Å². The lowest BCUT2D eigenvalue weighted by molar-refractivity contribution is -0.219. The number of rotatable bonds is 2. The minimum atomic E-state index is -1.92. The first-order valence-electron chi connectivity index (χ1n) is 19.9. The quantitative estimate of drug-likeness (QED) is 0.275. The van der Waals surface area contributed by atoms with Crippen molar-refractivity contribution in [3.8, 4) is 0 Å². The predicted molar refractivity (Wildman–Crippen MR) is 197 cm³/mol. The van der Waals surface area contributed by atoms with Gasteiger partial charge in [0.25, 0.3) is 0 Å². The largest absolute Gasteiger partial charge is 0.390 e. The topological polar surface area (TPSA) is 149 Å². The Morgan fingerprint density at radius 2 is 0.981 bits per heavy atom. The monoisotopic (exact) mass is 752 g/mol. The highest BCUT2D eigenvalue weighted by Gasteiger charge is 2.76. The molecule has 16 atom stereocenters. The van der Waals surface area contributed by atoms with E-state index in [0.29, 0.717) is 38.5 Å². The standard InChI is InChI=1S/2C22H29FO4/c2*1-12-9-17-15-6-8-21(27,13(2)24)20(15,4)11-18(26)22(17,23)19(3)7-5-14(25)10-16(12)19/h2*5,7,10,12,15,17-18,26-27H,6,8-9,11H2,1-4H3/t2*12-,15-,17-,18-,19-,20-,21-,22-/m00/s1. The number of carbonyl (C=O) groups is 4. The molecule has 0 aromatic carbocycles. The molecule has 0 amide bonds. The van der Waals surface area contributed by atoms with Crippen molar-refractivity contribution < 1.29 is 48.4 Å². The third kappa shape index (κ3) is 4.54. The van der Waals surface area contributed by atoms with Gasteiger partial charge in [-0.2, -0.15) is 0 Å². The molecule has 10 heteroatoms. The molecular formula is C44H58F2O8. The Hall–Kier alpha value is -2.66. The fourth-order valence-corrected chi connectivity index (χ4v) is 14.4. The van der Waals surface area contributed by atoms with Crippen LogP contribution < -0.4 is 0 Å². The number of Topliss-reactive ketones (excluding diaryl/α,β-unsaturated/α-hetero) is 2. The van der Waals surface area contributed by atoms with Gasteiger partial charge < -0.3 is 20.4 Å². The number of allylic oxidation sites excluding steroid dienone is 8. The van der Waals surface area contributed by atoms with Gasteiger partial charge in [-0.15, -0.1) is 0 Å². The van der Waals surface area contributed by atoms with Crippen molar-refractivity contribution in [2.45, 2.75) is 142 Å². The van der Waals surface area contributed by atoms with Gasteiger partial charge in [-0.05, 0) is 127 Å². The van der Waals surface area contributed by atoms with E-state index in [-0.39, 0.29) is 59.6 Å². The van der Waals surface area contributed by atoms with Crippen LogP contribution >= 0.6 is 0 Å². The van der Waals surface area contributed by atoms with E-state index in [9.17, 15) is 39.6 Å². The third-order valence-corrected chi connectivity index (χ3v) is 17.4. The molecule has 6 saturated carbocycles. The van der Waals surface area contributed by atoms with Crippen molar-refractivity contribution in [1.82, 2.24) is 0 Å². The summed E-state index contributed by atoms with van der Waals surface area (Å²) in [5.74, 6) is -2.22. The van der Waals surface area contributed by atoms with E-state index >= 15 is 8.78 Å². The van der Waals surface area contributed by atoms with Crippen LogP contribution in [-0.4, -0.2) is 78.3 Å². The highest BCUT2D eigenvalue weighted by atomic mass is 19.1. The van der Waals surface area contributed by atoms with Gasteiger partial charge in [-0.1, -0.05) is 51.0 Å².